The summed E-state index contributed by atoms with van der Waals surface area (Å²) in [6.07, 6.45) is 1.97. The van der Waals surface area contributed by atoms with Crippen molar-refractivity contribution in [1.82, 2.24) is 4.57 Å². The molecule has 14 heavy (non-hydrogen) atoms. The molecule has 0 atom stereocenters. The molecule has 0 aliphatic rings. The first-order valence-electron chi connectivity index (χ1n) is 4.61. The predicted molar refractivity (Wildman–Crippen MR) is 57.2 cm³/mol. The lowest BCUT2D eigenvalue weighted by atomic mass is 10.1. The smallest absolute Gasteiger partial charge is 0.125 e. The van der Waals surface area contributed by atoms with Crippen LogP contribution in [-0.2, 0) is 13.6 Å². The van der Waals surface area contributed by atoms with Gasteiger partial charge < -0.3 is 15.4 Å². The fourth-order valence-electron chi connectivity index (χ4n) is 1.97. The molecule has 74 valence electrons. The third-order valence-corrected chi connectivity index (χ3v) is 2.60. The minimum Gasteiger partial charge on any atom is -0.507 e. The average Bonchev–Trinajstić information content (AvgIpc) is 2.50. The first kappa shape index (κ1) is 9.09. The molecule has 0 fully saturated rings. The number of nitrogens with two attached hydrogens (primary N) is 1. The van der Waals surface area contributed by atoms with Crippen LogP contribution < -0.4 is 5.73 Å². The van der Waals surface area contributed by atoms with Crippen LogP contribution in [0, 0.1) is 6.92 Å². The first-order chi connectivity index (χ1) is 6.65. The third-order valence-electron chi connectivity index (χ3n) is 2.60. The van der Waals surface area contributed by atoms with Crippen molar-refractivity contribution in [2.24, 2.45) is 12.8 Å². The summed E-state index contributed by atoms with van der Waals surface area (Å²) in [7, 11) is 1.97. The van der Waals surface area contributed by atoms with Gasteiger partial charge in [-0.2, -0.15) is 0 Å². The Morgan fingerprint density at radius 2 is 2.14 bits per heavy atom. The lowest BCUT2D eigenvalue weighted by molar-refractivity contribution is 0.481. The number of rotatable bonds is 1. The number of benzene rings is 1. The van der Waals surface area contributed by atoms with E-state index in [0.29, 0.717) is 12.3 Å². The highest BCUT2D eigenvalue weighted by Gasteiger charge is 2.11. The molecule has 1 aromatic carbocycles. The quantitative estimate of drug-likeness (QED) is 0.718. The van der Waals surface area contributed by atoms with Crippen LogP contribution in [0.1, 0.15) is 11.1 Å². The molecule has 0 unspecified atom stereocenters. The van der Waals surface area contributed by atoms with Crippen molar-refractivity contribution in [2.45, 2.75) is 13.5 Å². The molecule has 1 heterocycles. The maximum absolute atomic E-state index is 9.75. The Bertz CT molecular complexity index is 485. The minimum absolute atomic E-state index is 0.312. The Labute approximate surface area is 82.8 Å². The summed E-state index contributed by atoms with van der Waals surface area (Å²) in [6.45, 7) is 2.48. The lowest BCUT2D eigenvalue weighted by Crippen LogP contribution is -1.94. The number of aromatic nitrogens is 1. The fourth-order valence-corrected chi connectivity index (χ4v) is 1.97. The van der Waals surface area contributed by atoms with E-state index in [1.54, 1.807) is 6.07 Å². The highest BCUT2D eigenvalue weighted by Crippen LogP contribution is 2.31. The van der Waals surface area contributed by atoms with Crippen LogP contribution in [0.3, 0.4) is 0 Å². The van der Waals surface area contributed by atoms with Crippen LogP contribution in [0.2, 0.25) is 0 Å². The van der Waals surface area contributed by atoms with E-state index in [2.05, 4.69) is 0 Å². The molecule has 1 aromatic heterocycles. The van der Waals surface area contributed by atoms with E-state index in [0.717, 1.165) is 22.0 Å². The molecule has 3 N–H and O–H groups in total. The number of hydrogen-bond donors (Lipinski definition) is 2. The SMILES string of the molecule is Cc1ccc(O)c2c(CN)cn(C)c12. The highest BCUT2D eigenvalue weighted by molar-refractivity contribution is 5.91. The summed E-state index contributed by atoms with van der Waals surface area (Å²) in [4.78, 5) is 0. The molecule has 0 aliphatic heterocycles. The topological polar surface area (TPSA) is 51.2 Å². The lowest BCUT2D eigenvalue weighted by Gasteiger charge is -2.02. The van der Waals surface area contributed by atoms with E-state index in [4.69, 9.17) is 5.73 Å². The van der Waals surface area contributed by atoms with Crippen molar-refractivity contribution >= 4 is 10.9 Å². The Balaban J connectivity index is 2.94. The molecular formula is C11H14N2O. The van der Waals surface area contributed by atoms with Gasteiger partial charge in [0.05, 0.1) is 5.52 Å². The minimum atomic E-state index is 0.312. The van der Waals surface area contributed by atoms with Crippen LogP contribution >= 0.6 is 0 Å². The van der Waals surface area contributed by atoms with Gasteiger partial charge in [0.15, 0.2) is 0 Å². The van der Waals surface area contributed by atoms with E-state index in [9.17, 15) is 5.11 Å². The zero-order chi connectivity index (χ0) is 10.3. The molecule has 3 heteroatoms. The highest BCUT2D eigenvalue weighted by atomic mass is 16.3. The summed E-state index contributed by atoms with van der Waals surface area (Å²) < 4.78 is 2.01. The van der Waals surface area contributed by atoms with Crippen LogP contribution in [-0.4, -0.2) is 9.67 Å². The number of fused-ring (bicyclic) bond motifs is 1. The van der Waals surface area contributed by atoms with Gasteiger partial charge in [-0.25, -0.2) is 0 Å². The van der Waals surface area contributed by atoms with Gasteiger partial charge in [-0.1, -0.05) is 6.07 Å². The summed E-state index contributed by atoms with van der Waals surface area (Å²) in [5, 5.41) is 10.6. The van der Waals surface area contributed by atoms with Crippen molar-refractivity contribution in [3.05, 3.63) is 29.5 Å². The molecule has 2 aromatic rings. The van der Waals surface area contributed by atoms with Crippen LogP contribution in [0.5, 0.6) is 5.75 Å². The maximum Gasteiger partial charge on any atom is 0.125 e. The van der Waals surface area contributed by atoms with E-state index >= 15 is 0 Å². The van der Waals surface area contributed by atoms with E-state index in [1.807, 2.05) is 30.8 Å². The number of phenolic OH excluding ortho intramolecular Hbond substituents is 1. The van der Waals surface area contributed by atoms with Gasteiger partial charge in [-0.15, -0.1) is 0 Å². The summed E-state index contributed by atoms with van der Waals surface area (Å²) in [5.74, 6) is 0.312. The number of aryl methyl sites for hydroxylation is 2. The second kappa shape index (κ2) is 3.03. The predicted octanol–water partition coefficient (Wildman–Crippen LogP) is 1.65. The van der Waals surface area contributed by atoms with E-state index < -0.39 is 0 Å². The molecular weight excluding hydrogens is 176 g/mol. The molecule has 0 spiro atoms. The third kappa shape index (κ3) is 1.09. The molecule has 0 radical (unpaired) electrons. The van der Waals surface area contributed by atoms with E-state index in [-0.39, 0.29) is 0 Å². The normalized spacial score (nSPS) is 11.1. The molecule has 0 amide bonds. The molecule has 2 rings (SSSR count). The largest absolute Gasteiger partial charge is 0.507 e. The summed E-state index contributed by atoms with van der Waals surface area (Å²) >= 11 is 0. The number of nitrogens with zero attached hydrogens (tertiary/aromatic N) is 1. The maximum atomic E-state index is 9.75. The molecule has 0 aliphatic carbocycles. The average molecular weight is 190 g/mol. The fraction of sp³-hybridized carbons (Fsp3) is 0.273. The Hall–Kier alpha value is -1.48. The van der Waals surface area contributed by atoms with Gasteiger partial charge in [0.25, 0.3) is 0 Å². The van der Waals surface area contributed by atoms with Crippen molar-refractivity contribution in [2.75, 3.05) is 0 Å². The van der Waals surface area contributed by atoms with Crippen molar-refractivity contribution < 1.29 is 5.11 Å². The second-order valence-corrected chi connectivity index (χ2v) is 3.59. The summed E-state index contributed by atoms with van der Waals surface area (Å²) in [5.41, 5.74) is 8.83. The van der Waals surface area contributed by atoms with E-state index in [1.165, 1.54) is 0 Å². The Kier molecular flexibility index (Phi) is 1.97. The number of phenols is 1. The van der Waals surface area contributed by atoms with Crippen molar-refractivity contribution in [1.29, 1.82) is 0 Å². The van der Waals surface area contributed by atoms with Crippen LogP contribution in [0.15, 0.2) is 18.3 Å². The van der Waals surface area contributed by atoms with Gasteiger partial charge in [0.2, 0.25) is 0 Å². The molecule has 0 saturated heterocycles. The van der Waals surface area contributed by atoms with Gasteiger partial charge >= 0.3 is 0 Å². The standard InChI is InChI=1S/C11H14N2O/c1-7-3-4-9(14)10-8(5-12)6-13(2)11(7)10/h3-4,6,14H,5,12H2,1-2H3. The molecule has 0 bridgehead atoms. The van der Waals surface area contributed by atoms with Gasteiger partial charge in [0.1, 0.15) is 5.75 Å². The Morgan fingerprint density at radius 3 is 2.79 bits per heavy atom. The number of aromatic hydroxyl groups is 1. The molecule has 3 nitrogen and oxygen atoms in total. The van der Waals surface area contributed by atoms with Crippen molar-refractivity contribution in [3.8, 4) is 5.75 Å². The van der Waals surface area contributed by atoms with Crippen molar-refractivity contribution in [3.63, 3.8) is 0 Å². The van der Waals surface area contributed by atoms with Crippen LogP contribution in [0.4, 0.5) is 0 Å². The monoisotopic (exact) mass is 190 g/mol. The molecule has 0 saturated carbocycles. The first-order valence-corrected chi connectivity index (χ1v) is 4.61. The van der Waals surface area contributed by atoms with Gasteiger partial charge in [-0.05, 0) is 24.1 Å². The van der Waals surface area contributed by atoms with Crippen LogP contribution in [0.25, 0.3) is 10.9 Å². The summed E-state index contributed by atoms with van der Waals surface area (Å²) in [6, 6.07) is 3.63. The number of hydrogen-bond acceptors (Lipinski definition) is 2. The van der Waals surface area contributed by atoms with Gasteiger partial charge in [-0.3, -0.25) is 0 Å². The van der Waals surface area contributed by atoms with Gasteiger partial charge in [0, 0.05) is 25.2 Å². The Morgan fingerprint density at radius 1 is 1.43 bits per heavy atom. The zero-order valence-corrected chi connectivity index (χ0v) is 8.41. The second-order valence-electron chi connectivity index (χ2n) is 3.59. The zero-order valence-electron chi connectivity index (χ0n) is 8.41.